The van der Waals surface area contributed by atoms with Crippen LogP contribution in [-0.4, -0.2) is 41.2 Å². The largest absolute Gasteiger partial charge is 0.444 e. The van der Waals surface area contributed by atoms with E-state index in [9.17, 15) is 9.90 Å². The van der Waals surface area contributed by atoms with Crippen molar-refractivity contribution < 1.29 is 19.4 Å². The van der Waals surface area contributed by atoms with Crippen LogP contribution in [0.2, 0.25) is 0 Å². The molecular formula is C23H29NO4. The molecule has 5 nitrogen and oxygen atoms in total. The molecule has 2 aromatic rings. The first-order valence-corrected chi connectivity index (χ1v) is 9.73. The summed E-state index contributed by atoms with van der Waals surface area (Å²) in [6, 6.07) is 19.3. The van der Waals surface area contributed by atoms with Gasteiger partial charge in [-0.1, -0.05) is 60.7 Å². The van der Waals surface area contributed by atoms with E-state index in [2.05, 4.69) is 5.32 Å². The maximum atomic E-state index is 12.3. The molecule has 0 bridgehead atoms. The van der Waals surface area contributed by atoms with E-state index in [1.54, 1.807) is 0 Å². The van der Waals surface area contributed by atoms with Gasteiger partial charge in [-0.2, -0.15) is 0 Å². The van der Waals surface area contributed by atoms with E-state index in [1.165, 1.54) is 5.56 Å². The van der Waals surface area contributed by atoms with E-state index < -0.39 is 23.8 Å². The normalized spacial score (nSPS) is 20.9. The van der Waals surface area contributed by atoms with Gasteiger partial charge in [0.25, 0.3) is 0 Å². The lowest BCUT2D eigenvalue weighted by molar-refractivity contribution is 0.0387. The van der Waals surface area contributed by atoms with Crippen LogP contribution in [0, 0.1) is 0 Å². The van der Waals surface area contributed by atoms with Gasteiger partial charge in [0.05, 0.1) is 12.1 Å². The first-order chi connectivity index (χ1) is 13.3. The van der Waals surface area contributed by atoms with E-state index in [-0.39, 0.29) is 12.2 Å². The highest BCUT2D eigenvalue weighted by Crippen LogP contribution is 2.31. The van der Waals surface area contributed by atoms with Crippen LogP contribution in [0.1, 0.15) is 31.9 Å². The molecule has 1 saturated heterocycles. The average molecular weight is 383 g/mol. The quantitative estimate of drug-likeness (QED) is 0.718. The van der Waals surface area contributed by atoms with Crippen LogP contribution < -0.4 is 5.32 Å². The summed E-state index contributed by atoms with van der Waals surface area (Å²) in [7, 11) is 0. The second-order valence-electron chi connectivity index (χ2n) is 8.26. The molecule has 5 heteroatoms. The zero-order valence-corrected chi connectivity index (χ0v) is 16.7. The van der Waals surface area contributed by atoms with Gasteiger partial charge in [-0.25, -0.2) is 4.79 Å². The fourth-order valence-corrected chi connectivity index (χ4v) is 3.28. The van der Waals surface area contributed by atoms with Crippen molar-refractivity contribution in [2.75, 3.05) is 0 Å². The summed E-state index contributed by atoms with van der Waals surface area (Å²) in [5.41, 5.74) is 1.60. The number of hydrogen-bond donors (Lipinski definition) is 2. The highest BCUT2D eigenvalue weighted by Gasteiger charge is 2.47. The Morgan fingerprint density at radius 3 is 2.21 bits per heavy atom. The second-order valence-corrected chi connectivity index (χ2v) is 8.26. The fraction of sp³-hybridized carbons (Fsp3) is 0.435. The molecule has 0 spiro atoms. The molecule has 1 aliphatic rings. The van der Waals surface area contributed by atoms with Crippen molar-refractivity contribution in [1.82, 2.24) is 5.32 Å². The topological polar surface area (TPSA) is 71.1 Å². The van der Waals surface area contributed by atoms with Crippen molar-refractivity contribution in [3.63, 3.8) is 0 Å². The Morgan fingerprint density at radius 1 is 1.07 bits per heavy atom. The second kappa shape index (κ2) is 8.76. The number of carbonyl (C=O) groups is 1. The van der Waals surface area contributed by atoms with Gasteiger partial charge in [-0.05, 0) is 38.3 Å². The molecule has 28 heavy (non-hydrogen) atoms. The van der Waals surface area contributed by atoms with E-state index in [0.717, 1.165) is 12.0 Å². The summed E-state index contributed by atoms with van der Waals surface area (Å²) < 4.78 is 11.1. The van der Waals surface area contributed by atoms with Gasteiger partial charge < -0.3 is 19.9 Å². The lowest BCUT2D eigenvalue weighted by Gasteiger charge is -2.26. The standard InChI is InChI=1S/C23H29NO4/c1-23(2,3)28-22(26)24-18(14-16-10-6-4-7-11-16)20(25)21-19(27-21)15-17-12-8-5-9-13-17/h4-13,18-21,25H,14-15H2,1-3H3,(H,24,26)/t18-,19+,20-,21-/m0/s1. The molecule has 1 aliphatic heterocycles. The maximum Gasteiger partial charge on any atom is 0.407 e. The number of epoxide rings is 1. The Morgan fingerprint density at radius 2 is 1.64 bits per heavy atom. The zero-order chi connectivity index (χ0) is 20.1. The third-order valence-corrected chi connectivity index (χ3v) is 4.65. The van der Waals surface area contributed by atoms with Crippen LogP contribution in [0.5, 0.6) is 0 Å². The molecule has 0 unspecified atom stereocenters. The summed E-state index contributed by atoms with van der Waals surface area (Å²) >= 11 is 0. The van der Waals surface area contributed by atoms with Gasteiger partial charge in [-0.3, -0.25) is 0 Å². The Labute approximate surface area is 166 Å². The van der Waals surface area contributed by atoms with E-state index in [4.69, 9.17) is 9.47 Å². The van der Waals surface area contributed by atoms with Crippen LogP contribution in [0.15, 0.2) is 60.7 Å². The van der Waals surface area contributed by atoms with Gasteiger partial charge >= 0.3 is 6.09 Å². The van der Waals surface area contributed by atoms with Crippen molar-refractivity contribution in [3.8, 4) is 0 Å². The summed E-state index contributed by atoms with van der Waals surface area (Å²) in [6.07, 6.45) is -0.458. The molecule has 1 amide bonds. The molecule has 2 aromatic carbocycles. The number of amides is 1. The Balaban J connectivity index is 1.64. The predicted octanol–water partition coefficient (Wildman–Crippen LogP) is 3.49. The first-order valence-electron chi connectivity index (χ1n) is 9.73. The van der Waals surface area contributed by atoms with E-state index >= 15 is 0 Å². The maximum absolute atomic E-state index is 12.3. The minimum Gasteiger partial charge on any atom is -0.444 e. The van der Waals surface area contributed by atoms with Gasteiger partial charge in [-0.15, -0.1) is 0 Å². The number of aliphatic hydroxyl groups is 1. The Bertz CT molecular complexity index is 757. The molecular weight excluding hydrogens is 354 g/mol. The first kappa shape index (κ1) is 20.4. The Kier molecular flexibility index (Phi) is 6.37. The van der Waals surface area contributed by atoms with Crippen molar-refractivity contribution >= 4 is 6.09 Å². The minimum atomic E-state index is -0.818. The number of benzene rings is 2. The number of rotatable bonds is 7. The van der Waals surface area contributed by atoms with Gasteiger partial charge in [0.15, 0.2) is 0 Å². The molecule has 1 fully saturated rings. The lowest BCUT2D eigenvalue weighted by Crippen LogP contribution is -2.49. The third-order valence-electron chi connectivity index (χ3n) is 4.65. The van der Waals surface area contributed by atoms with Crippen LogP contribution in [0.4, 0.5) is 4.79 Å². The lowest BCUT2D eigenvalue weighted by atomic mass is 9.96. The van der Waals surface area contributed by atoms with Crippen molar-refractivity contribution in [1.29, 1.82) is 0 Å². The van der Waals surface area contributed by atoms with Crippen molar-refractivity contribution in [2.24, 2.45) is 0 Å². The number of aliphatic hydroxyl groups excluding tert-OH is 1. The molecule has 2 N–H and O–H groups in total. The van der Waals surface area contributed by atoms with Crippen LogP contribution in [0.25, 0.3) is 0 Å². The van der Waals surface area contributed by atoms with Crippen LogP contribution in [-0.2, 0) is 22.3 Å². The molecule has 3 rings (SSSR count). The van der Waals surface area contributed by atoms with Gasteiger partial charge in [0, 0.05) is 6.42 Å². The van der Waals surface area contributed by atoms with Gasteiger partial charge in [0.1, 0.15) is 17.8 Å². The summed E-state index contributed by atoms with van der Waals surface area (Å²) in [5.74, 6) is 0. The SMILES string of the molecule is CC(C)(C)OC(=O)N[C@@H](Cc1ccccc1)[C@H](O)[C@H]1O[C@@H]1Cc1ccccc1. The number of nitrogens with one attached hydrogen (secondary N) is 1. The number of alkyl carbamates (subject to hydrolysis) is 1. The zero-order valence-electron chi connectivity index (χ0n) is 16.7. The van der Waals surface area contributed by atoms with Gasteiger partial charge in [0.2, 0.25) is 0 Å². The molecule has 4 atom stereocenters. The number of carbonyl (C=O) groups excluding carboxylic acids is 1. The fourth-order valence-electron chi connectivity index (χ4n) is 3.28. The van der Waals surface area contributed by atoms with E-state index in [1.807, 2.05) is 81.4 Å². The summed E-state index contributed by atoms with van der Waals surface area (Å²) in [6.45, 7) is 5.44. The minimum absolute atomic E-state index is 0.0453. The molecule has 1 heterocycles. The monoisotopic (exact) mass is 383 g/mol. The average Bonchev–Trinajstić information content (AvgIpc) is 3.40. The van der Waals surface area contributed by atoms with E-state index in [0.29, 0.717) is 6.42 Å². The molecule has 0 radical (unpaired) electrons. The number of ether oxygens (including phenoxy) is 2. The number of hydrogen-bond acceptors (Lipinski definition) is 4. The van der Waals surface area contributed by atoms with Crippen LogP contribution in [0.3, 0.4) is 0 Å². The molecule has 0 saturated carbocycles. The molecule has 0 aromatic heterocycles. The van der Waals surface area contributed by atoms with Crippen LogP contribution >= 0.6 is 0 Å². The highest BCUT2D eigenvalue weighted by atomic mass is 16.6. The molecule has 0 aliphatic carbocycles. The molecule has 150 valence electrons. The van der Waals surface area contributed by atoms with Crippen molar-refractivity contribution in [3.05, 3.63) is 71.8 Å². The smallest absolute Gasteiger partial charge is 0.407 e. The highest BCUT2D eigenvalue weighted by molar-refractivity contribution is 5.68. The third kappa shape index (κ3) is 6.08. The van der Waals surface area contributed by atoms with Crippen molar-refractivity contribution in [2.45, 2.75) is 63.6 Å². The summed E-state index contributed by atoms with van der Waals surface area (Å²) in [4.78, 5) is 12.3. The predicted molar refractivity (Wildman–Crippen MR) is 108 cm³/mol. The Hall–Kier alpha value is -2.37. The summed E-state index contributed by atoms with van der Waals surface area (Å²) in [5, 5.41) is 13.7.